The van der Waals surface area contributed by atoms with Crippen molar-refractivity contribution in [2.45, 2.75) is 38.5 Å². The molecule has 0 unspecified atom stereocenters. The third kappa shape index (κ3) is 4.84. The Kier molecular flexibility index (Phi) is 6.34. The Hall–Kier alpha value is -0.300. The van der Waals surface area contributed by atoms with Gasteiger partial charge in [-0.3, -0.25) is 0 Å². The van der Waals surface area contributed by atoms with Crippen LogP contribution in [0.25, 0.3) is 0 Å². The number of nitrogens with zero attached hydrogens (tertiary/aromatic N) is 2. The monoisotopic (exact) mass is 329 g/mol. The summed E-state index contributed by atoms with van der Waals surface area (Å²) in [5.74, 6) is 1.19. The second kappa shape index (κ2) is 7.81. The largest absolute Gasteiger partial charge is 0.383 e. The lowest BCUT2D eigenvalue weighted by molar-refractivity contribution is 0.199. The molecule has 0 aromatic carbocycles. The molecule has 1 aromatic heterocycles. The van der Waals surface area contributed by atoms with Crippen LogP contribution >= 0.6 is 23.1 Å². The van der Waals surface area contributed by atoms with Crippen molar-refractivity contribution in [1.82, 2.24) is 10.3 Å². The first kappa shape index (κ1) is 17.1. The Morgan fingerprint density at radius 1 is 1.43 bits per heavy atom. The number of hydrogen-bond donors (Lipinski definition) is 1. The highest BCUT2D eigenvalue weighted by atomic mass is 32.2. The maximum atomic E-state index is 5.07. The van der Waals surface area contributed by atoms with Gasteiger partial charge in [0.1, 0.15) is 0 Å². The lowest BCUT2D eigenvalue weighted by Gasteiger charge is -2.37. The van der Waals surface area contributed by atoms with Crippen LogP contribution in [0.2, 0.25) is 0 Å². The Bertz CT molecular complexity index is 448. The molecule has 0 saturated carbocycles. The fraction of sp³-hybridized carbons (Fsp3) is 0.800. The summed E-state index contributed by atoms with van der Waals surface area (Å²) < 4.78 is 5.40. The fourth-order valence-electron chi connectivity index (χ4n) is 2.48. The van der Waals surface area contributed by atoms with Crippen molar-refractivity contribution in [3.63, 3.8) is 0 Å². The van der Waals surface area contributed by atoms with Gasteiger partial charge in [0.15, 0.2) is 5.13 Å². The van der Waals surface area contributed by atoms with Crippen LogP contribution in [0.1, 0.15) is 31.3 Å². The molecule has 1 N–H and O–H groups in total. The number of rotatable bonds is 7. The number of aryl methyl sites for hydroxylation is 1. The predicted octanol–water partition coefficient (Wildman–Crippen LogP) is 2.77. The average molecular weight is 330 g/mol. The van der Waals surface area contributed by atoms with Gasteiger partial charge in [-0.25, -0.2) is 4.98 Å². The minimum Gasteiger partial charge on any atom is -0.383 e. The van der Waals surface area contributed by atoms with Gasteiger partial charge in [-0.1, -0.05) is 6.92 Å². The van der Waals surface area contributed by atoms with Crippen LogP contribution in [0.3, 0.4) is 0 Å². The fourth-order valence-corrected chi connectivity index (χ4v) is 4.73. The maximum Gasteiger partial charge on any atom is 0.185 e. The van der Waals surface area contributed by atoms with Crippen molar-refractivity contribution in [2.24, 2.45) is 0 Å². The van der Waals surface area contributed by atoms with Crippen LogP contribution in [-0.2, 0) is 17.7 Å². The van der Waals surface area contributed by atoms with Crippen LogP contribution in [-0.4, -0.2) is 48.8 Å². The molecule has 21 heavy (non-hydrogen) atoms. The number of aromatic nitrogens is 1. The van der Waals surface area contributed by atoms with E-state index in [1.54, 1.807) is 7.11 Å². The summed E-state index contributed by atoms with van der Waals surface area (Å²) in [4.78, 5) is 8.71. The molecule has 2 heterocycles. The minimum atomic E-state index is 0.327. The zero-order valence-electron chi connectivity index (χ0n) is 13.6. The van der Waals surface area contributed by atoms with Gasteiger partial charge >= 0.3 is 0 Å². The van der Waals surface area contributed by atoms with Crippen molar-refractivity contribution in [1.29, 1.82) is 0 Å². The van der Waals surface area contributed by atoms with E-state index in [0.29, 0.717) is 4.75 Å². The Labute approximate surface area is 136 Å². The van der Waals surface area contributed by atoms with E-state index in [1.807, 2.05) is 11.3 Å². The molecule has 0 aliphatic carbocycles. The van der Waals surface area contributed by atoms with Gasteiger partial charge in [-0.2, -0.15) is 11.8 Å². The van der Waals surface area contributed by atoms with Gasteiger partial charge in [0.05, 0.1) is 12.3 Å². The quantitative estimate of drug-likeness (QED) is 0.779. The molecule has 0 bridgehead atoms. The summed E-state index contributed by atoms with van der Waals surface area (Å²) in [6.45, 7) is 11.6. The third-order valence-corrected chi connectivity index (χ3v) is 6.02. The summed E-state index contributed by atoms with van der Waals surface area (Å²) in [5.41, 5.74) is 1.25. The molecule has 0 amide bonds. The molecule has 4 nitrogen and oxygen atoms in total. The van der Waals surface area contributed by atoms with E-state index in [9.17, 15) is 0 Å². The van der Waals surface area contributed by atoms with Gasteiger partial charge in [0.2, 0.25) is 0 Å². The molecule has 1 saturated heterocycles. The molecule has 1 aromatic rings. The Morgan fingerprint density at radius 3 is 2.90 bits per heavy atom. The number of nitrogens with one attached hydrogen (secondary N) is 1. The molecule has 6 heteroatoms. The summed E-state index contributed by atoms with van der Waals surface area (Å²) in [6.07, 6.45) is 1.00. The van der Waals surface area contributed by atoms with E-state index in [-0.39, 0.29) is 0 Å². The lowest BCUT2D eigenvalue weighted by atomic mass is 10.2. The van der Waals surface area contributed by atoms with Gasteiger partial charge in [-0.15, -0.1) is 11.3 Å². The van der Waals surface area contributed by atoms with E-state index in [2.05, 4.69) is 42.7 Å². The van der Waals surface area contributed by atoms with Gasteiger partial charge < -0.3 is 15.0 Å². The summed E-state index contributed by atoms with van der Waals surface area (Å²) >= 11 is 3.92. The van der Waals surface area contributed by atoms with Crippen molar-refractivity contribution in [3.8, 4) is 0 Å². The molecule has 0 spiro atoms. The van der Waals surface area contributed by atoms with Crippen LogP contribution in [0, 0.1) is 0 Å². The zero-order valence-corrected chi connectivity index (χ0v) is 15.2. The molecule has 1 fully saturated rings. The average Bonchev–Trinajstić information content (AvgIpc) is 2.86. The number of thioether (sulfide) groups is 1. The standard InChI is InChI=1S/C15H27N3OS2/c1-5-12-13(10-16-6-8-19-4)21-14(17-12)18-7-9-20-15(2,3)11-18/h16H,5-11H2,1-4H3. The second-order valence-corrected chi connectivity index (χ2v) is 8.78. The summed E-state index contributed by atoms with van der Waals surface area (Å²) in [5, 5.41) is 4.63. The number of thiazole rings is 1. The Morgan fingerprint density at radius 2 is 2.24 bits per heavy atom. The lowest BCUT2D eigenvalue weighted by Crippen LogP contribution is -2.43. The smallest absolute Gasteiger partial charge is 0.185 e. The van der Waals surface area contributed by atoms with Crippen molar-refractivity contribution in [2.75, 3.05) is 44.0 Å². The maximum absolute atomic E-state index is 5.07. The zero-order chi connectivity index (χ0) is 15.3. The highest BCUT2D eigenvalue weighted by Crippen LogP contribution is 2.35. The third-order valence-electron chi connectivity index (χ3n) is 3.57. The second-order valence-electron chi connectivity index (χ2n) is 5.92. The molecule has 2 rings (SSSR count). The molecular formula is C15H27N3OS2. The van der Waals surface area contributed by atoms with Crippen LogP contribution in [0.4, 0.5) is 5.13 Å². The number of methoxy groups -OCH3 is 1. The minimum absolute atomic E-state index is 0.327. The first-order valence-corrected chi connectivity index (χ1v) is 9.43. The number of ether oxygens (including phenoxy) is 1. The summed E-state index contributed by atoms with van der Waals surface area (Å²) in [7, 11) is 1.74. The van der Waals surface area contributed by atoms with Crippen LogP contribution in [0.15, 0.2) is 0 Å². The van der Waals surface area contributed by atoms with Gasteiger partial charge in [0, 0.05) is 48.7 Å². The number of anilines is 1. The van der Waals surface area contributed by atoms with E-state index >= 15 is 0 Å². The normalized spacial score (nSPS) is 18.2. The molecule has 1 aliphatic rings. The molecule has 120 valence electrons. The highest BCUT2D eigenvalue weighted by molar-refractivity contribution is 8.00. The van der Waals surface area contributed by atoms with Gasteiger partial charge in [-0.05, 0) is 20.3 Å². The summed E-state index contributed by atoms with van der Waals surface area (Å²) in [6, 6.07) is 0. The highest BCUT2D eigenvalue weighted by Gasteiger charge is 2.29. The van der Waals surface area contributed by atoms with E-state index in [1.165, 1.54) is 21.5 Å². The Balaban J connectivity index is 2.02. The topological polar surface area (TPSA) is 37.4 Å². The molecule has 1 aliphatic heterocycles. The molecular weight excluding hydrogens is 302 g/mol. The van der Waals surface area contributed by atoms with E-state index in [4.69, 9.17) is 9.72 Å². The first-order valence-electron chi connectivity index (χ1n) is 7.63. The number of hydrogen-bond acceptors (Lipinski definition) is 6. The SMILES string of the molecule is CCc1nc(N2CCSC(C)(C)C2)sc1CNCCOC. The van der Waals surface area contributed by atoms with E-state index < -0.39 is 0 Å². The van der Waals surface area contributed by atoms with Crippen LogP contribution < -0.4 is 10.2 Å². The van der Waals surface area contributed by atoms with Gasteiger partial charge in [0.25, 0.3) is 0 Å². The molecule has 0 radical (unpaired) electrons. The van der Waals surface area contributed by atoms with E-state index in [0.717, 1.165) is 39.2 Å². The predicted molar refractivity (Wildman–Crippen MR) is 93.8 cm³/mol. The van der Waals surface area contributed by atoms with Crippen molar-refractivity contribution in [3.05, 3.63) is 10.6 Å². The molecule has 0 atom stereocenters. The van der Waals surface area contributed by atoms with Crippen LogP contribution in [0.5, 0.6) is 0 Å². The first-order chi connectivity index (χ1) is 10.1. The van der Waals surface area contributed by atoms with Crippen molar-refractivity contribution < 1.29 is 4.74 Å². The van der Waals surface area contributed by atoms with Crippen molar-refractivity contribution >= 4 is 28.2 Å².